The molecule has 10 aromatic carbocycles. The van der Waals surface area contributed by atoms with E-state index in [9.17, 15) is 0 Å². The molecule has 0 spiro atoms. The van der Waals surface area contributed by atoms with Crippen LogP contribution >= 0.6 is 0 Å². The topological polar surface area (TPSA) is 8.17 Å². The van der Waals surface area contributed by atoms with Crippen LogP contribution in [0.2, 0.25) is 0 Å². The average Bonchev–Trinajstić information content (AvgIpc) is 3.61. The van der Waals surface area contributed by atoms with Gasteiger partial charge in [0, 0.05) is 33.5 Å². The van der Waals surface area contributed by atoms with Gasteiger partial charge in [-0.2, -0.15) is 0 Å². The van der Waals surface area contributed by atoms with Crippen LogP contribution in [-0.4, -0.2) is 4.57 Å². The van der Waals surface area contributed by atoms with Crippen LogP contribution in [0, 0.1) is 0 Å². The van der Waals surface area contributed by atoms with Crippen molar-refractivity contribution in [1.82, 2.24) is 4.57 Å². The molecule has 0 aliphatic heterocycles. The van der Waals surface area contributed by atoms with E-state index in [0.717, 1.165) is 22.7 Å². The Bertz CT molecular complexity index is 3210. The minimum Gasteiger partial charge on any atom is -0.310 e. The molecule has 1 aromatic heterocycles. The van der Waals surface area contributed by atoms with Gasteiger partial charge in [0.25, 0.3) is 0 Å². The maximum absolute atomic E-state index is 2.39. The van der Waals surface area contributed by atoms with Gasteiger partial charge in [0.1, 0.15) is 0 Å². The second kappa shape index (κ2) is 13.2. The van der Waals surface area contributed by atoms with Crippen molar-refractivity contribution < 1.29 is 0 Å². The minimum absolute atomic E-state index is 1.10. The summed E-state index contributed by atoms with van der Waals surface area (Å²) in [5.41, 5.74) is 11.6. The number of nitrogens with zero attached hydrogens (tertiary/aromatic N) is 2. The number of benzene rings is 10. The summed E-state index contributed by atoms with van der Waals surface area (Å²) in [5, 5.41) is 10.1. The van der Waals surface area contributed by atoms with Crippen LogP contribution in [0.25, 0.3) is 82.1 Å². The Morgan fingerprint density at radius 1 is 0.304 bits per heavy atom. The quantitative estimate of drug-likeness (QED) is 0.156. The van der Waals surface area contributed by atoms with E-state index >= 15 is 0 Å². The molecule has 0 saturated carbocycles. The summed E-state index contributed by atoms with van der Waals surface area (Å²) in [6.45, 7) is 0. The molecular weight excluding hydrogens is 677 g/mol. The van der Waals surface area contributed by atoms with Gasteiger partial charge in [0.15, 0.2) is 0 Å². The molecule has 56 heavy (non-hydrogen) atoms. The summed E-state index contributed by atoms with van der Waals surface area (Å²) >= 11 is 0. The van der Waals surface area contributed by atoms with Crippen molar-refractivity contribution in [2.24, 2.45) is 0 Å². The van der Waals surface area contributed by atoms with Gasteiger partial charge in [-0.05, 0) is 109 Å². The second-order valence-corrected chi connectivity index (χ2v) is 14.5. The molecule has 0 bridgehead atoms. The Labute approximate surface area is 325 Å². The molecule has 2 heteroatoms. The first-order valence-electron chi connectivity index (χ1n) is 19.3. The van der Waals surface area contributed by atoms with E-state index in [0.29, 0.717) is 0 Å². The number of para-hydroxylation sites is 2. The van der Waals surface area contributed by atoms with Gasteiger partial charge in [-0.1, -0.05) is 164 Å². The number of hydrogen-bond donors (Lipinski definition) is 0. The van der Waals surface area contributed by atoms with Gasteiger partial charge in [-0.3, -0.25) is 0 Å². The lowest BCUT2D eigenvalue weighted by molar-refractivity contribution is 1.18. The zero-order valence-electron chi connectivity index (χ0n) is 30.7. The predicted octanol–water partition coefficient (Wildman–Crippen LogP) is 15.0. The maximum Gasteiger partial charge on any atom is 0.0561 e. The number of aromatic nitrogens is 1. The van der Waals surface area contributed by atoms with Crippen LogP contribution in [0.4, 0.5) is 17.1 Å². The highest BCUT2D eigenvalue weighted by molar-refractivity contribution is 6.24. The summed E-state index contributed by atoms with van der Waals surface area (Å²) in [6, 6.07) is 79.4. The molecule has 0 fully saturated rings. The Kier molecular flexibility index (Phi) is 7.53. The maximum atomic E-state index is 2.39. The fourth-order valence-electron chi connectivity index (χ4n) is 8.74. The van der Waals surface area contributed by atoms with Gasteiger partial charge in [0.2, 0.25) is 0 Å². The number of hydrogen-bond acceptors (Lipinski definition) is 1. The number of rotatable bonds is 6. The van der Waals surface area contributed by atoms with Crippen molar-refractivity contribution in [3.05, 3.63) is 218 Å². The molecule has 11 aromatic rings. The lowest BCUT2D eigenvalue weighted by Gasteiger charge is -2.26. The van der Waals surface area contributed by atoms with Crippen molar-refractivity contribution in [1.29, 1.82) is 0 Å². The Morgan fingerprint density at radius 2 is 0.839 bits per heavy atom. The fraction of sp³-hybridized carbons (Fsp3) is 0. The SMILES string of the molecule is c1ccc(-c2ccc(N(c3ccc(-c4cccc5ccc6ccc7ccccc7c6c45)cc3)c3ccc4c5ccccc5n(-c5ccccc5)c4c3)cc2)cc1. The van der Waals surface area contributed by atoms with Crippen LogP contribution in [0.15, 0.2) is 218 Å². The van der Waals surface area contributed by atoms with Crippen molar-refractivity contribution in [3.8, 4) is 27.9 Å². The Balaban J connectivity index is 1.09. The first-order valence-corrected chi connectivity index (χ1v) is 19.3. The van der Waals surface area contributed by atoms with E-state index in [4.69, 9.17) is 0 Å². The molecule has 11 rings (SSSR count). The van der Waals surface area contributed by atoms with E-state index < -0.39 is 0 Å². The third kappa shape index (κ3) is 5.26. The molecular formula is C54H36N2. The smallest absolute Gasteiger partial charge is 0.0561 e. The first kappa shape index (κ1) is 32.0. The molecule has 0 N–H and O–H groups in total. The zero-order valence-corrected chi connectivity index (χ0v) is 30.7. The fourth-order valence-corrected chi connectivity index (χ4v) is 8.74. The van der Waals surface area contributed by atoms with E-state index in [2.05, 4.69) is 228 Å². The van der Waals surface area contributed by atoms with Crippen molar-refractivity contribution in [3.63, 3.8) is 0 Å². The summed E-state index contributed by atoms with van der Waals surface area (Å²) in [4.78, 5) is 2.39. The molecule has 0 aliphatic rings. The number of fused-ring (bicyclic) bond motifs is 8. The van der Waals surface area contributed by atoms with Crippen molar-refractivity contribution in [2.75, 3.05) is 4.90 Å². The van der Waals surface area contributed by atoms with Crippen molar-refractivity contribution in [2.45, 2.75) is 0 Å². The third-order valence-electron chi connectivity index (χ3n) is 11.3. The molecule has 0 atom stereocenters. The molecule has 262 valence electrons. The van der Waals surface area contributed by atoms with Gasteiger partial charge in [-0.25, -0.2) is 0 Å². The second-order valence-electron chi connectivity index (χ2n) is 14.5. The van der Waals surface area contributed by atoms with E-state index in [1.807, 2.05) is 0 Å². The van der Waals surface area contributed by atoms with E-state index in [1.54, 1.807) is 0 Å². The van der Waals surface area contributed by atoms with E-state index in [-0.39, 0.29) is 0 Å². The monoisotopic (exact) mass is 712 g/mol. The zero-order chi connectivity index (χ0) is 37.0. The summed E-state index contributed by atoms with van der Waals surface area (Å²) in [5.74, 6) is 0. The Hall–Kier alpha value is -7.42. The Morgan fingerprint density at radius 3 is 1.59 bits per heavy atom. The van der Waals surface area contributed by atoms with Gasteiger partial charge >= 0.3 is 0 Å². The molecule has 0 amide bonds. The van der Waals surface area contributed by atoms with Crippen LogP contribution in [-0.2, 0) is 0 Å². The molecule has 0 unspecified atom stereocenters. The van der Waals surface area contributed by atoms with Crippen LogP contribution < -0.4 is 4.90 Å². The van der Waals surface area contributed by atoms with E-state index in [1.165, 1.54) is 76.4 Å². The standard InChI is InChI=1S/C54H36N2/c1-3-12-37(13-4-1)38-26-30-44(31-27-38)55(46-34-35-50-49-19-9-10-21-51(49)56(52(50)36-46)43-16-5-2-6-17-43)45-32-28-40(29-33-45)48-20-11-15-41-24-25-42-23-22-39-14-7-8-18-47(39)54(42)53(41)48/h1-36H. The lowest BCUT2D eigenvalue weighted by Crippen LogP contribution is -2.10. The largest absolute Gasteiger partial charge is 0.310 e. The minimum atomic E-state index is 1.10. The summed E-state index contributed by atoms with van der Waals surface area (Å²) < 4.78 is 2.39. The normalized spacial score (nSPS) is 11.6. The highest BCUT2D eigenvalue weighted by atomic mass is 15.1. The molecule has 2 nitrogen and oxygen atoms in total. The van der Waals surface area contributed by atoms with Crippen LogP contribution in [0.5, 0.6) is 0 Å². The number of anilines is 3. The molecule has 0 radical (unpaired) electrons. The lowest BCUT2D eigenvalue weighted by atomic mass is 9.91. The van der Waals surface area contributed by atoms with Crippen molar-refractivity contribution >= 4 is 71.2 Å². The van der Waals surface area contributed by atoms with Crippen LogP contribution in [0.3, 0.4) is 0 Å². The highest BCUT2D eigenvalue weighted by Gasteiger charge is 2.18. The summed E-state index contributed by atoms with van der Waals surface area (Å²) in [7, 11) is 0. The summed E-state index contributed by atoms with van der Waals surface area (Å²) in [6.07, 6.45) is 0. The molecule has 1 heterocycles. The van der Waals surface area contributed by atoms with Gasteiger partial charge < -0.3 is 9.47 Å². The molecule has 0 saturated heterocycles. The average molecular weight is 713 g/mol. The van der Waals surface area contributed by atoms with Crippen LogP contribution in [0.1, 0.15) is 0 Å². The van der Waals surface area contributed by atoms with Gasteiger partial charge in [0.05, 0.1) is 11.0 Å². The molecule has 0 aliphatic carbocycles. The highest BCUT2D eigenvalue weighted by Crippen LogP contribution is 2.42. The third-order valence-corrected chi connectivity index (χ3v) is 11.3. The predicted molar refractivity (Wildman–Crippen MR) is 239 cm³/mol. The van der Waals surface area contributed by atoms with Gasteiger partial charge in [-0.15, -0.1) is 0 Å². The first-order chi connectivity index (χ1) is 27.8.